The first-order valence-corrected chi connectivity index (χ1v) is 5.83. The highest BCUT2D eigenvalue weighted by atomic mass is 19.4. The fourth-order valence-corrected chi connectivity index (χ4v) is 2.52. The minimum absolute atomic E-state index is 0.0268. The van der Waals surface area contributed by atoms with Crippen LogP contribution < -0.4 is 11.1 Å². The van der Waals surface area contributed by atoms with Gasteiger partial charge in [0.15, 0.2) is 0 Å². The maximum Gasteiger partial charge on any atom is 0.391 e. The third-order valence-corrected chi connectivity index (χ3v) is 3.47. The lowest BCUT2D eigenvalue weighted by Crippen LogP contribution is -2.57. The highest BCUT2D eigenvalue weighted by Gasteiger charge is 2.47. The zero-order valence-corrected chi connectivity index (χ0v) is 9.98. The molecule has 0 amide bonds. The van der Waals surface area contributed by atoms with Gasteiger partial charge in [-0.2, -0.15) is 13.2 Å². The van der Waals surface area contributed by atoms with Crippen LogP contribution in [0.2, 0.25) is 0 Å². The monoisotopic (exact) mass is 248 g/mol. The number of hydrogen-bond donors (Lipinski definition) is 2. The van der Waals surface area contributed by atoms with E-state index in [-0.39, 0.29) is 25.4 Å². The van der Waals surface area contributed by atoms with Crippen molar-refractivity contribution < 1.29 is 13.2 Å². The van der Waals surface area contributed by atoms with Gasteiger partial charge in [-0.25, -0.2) is 0 Å². The second kappa shape index (κ2) is 5.28. The summed E-state index contributed by atoms with van der Waals surface area (Å²) in [6.45, 7) is 1.94. The van der Waals surface area contributed by atoms with Crippen LogP contribution >= 0.6 is 0 Å². The molecule has 3 atom stereocenters. The van der Waals surface area contributed by atoms with E-state index in [4.69, 9.17) is 12.2 Å². The molecule has 0 aromatic carbocycles. The second-order valence-corrected chi connectivity index (χ2v) is 4.85. The summed E-state index contributed by atoms with van der Waals surface area (Å²) in [7, 11) is 0. The molecule has 1 rings (SSSR count). The summed E-state index contributed by atoms with van der Waals surface area (Å²) in [4.78, 5) is 0. The smallest absolute Gasteiger partial charge is 0.329 e. The zero-order chi connectivity index (χ0) is 13.1. The zero-order valence-electron chi connectivity index (χ0n) is 9.98. The molecule has 0 bridgehead atoms. The molecule has 0 aromatic rings. The third-order valence-electron chi connectivity index (χ3n) is 3.47. The van der Waals surface area contributed by atoms with Crippen molar-refractivity contribution in [1.29, 1.82) is 0 Å². The number of nitrogens with one attached hydrogen (secondary N) is 1. The van der Waals surface area contributed by atoms with Crippen molar-refractivity contribution in [1.82, 2.24) is 5.32 Å². The van der Waals surface area contributed by atoms with E-state index in [0.717, 1.165) is 0 Å². The molecule has 0 aromatic heterocycles. The summed E-state index contributed by atoms with van der Waals surface area (Å²) < 4.78 is 38.2. The van der Waals surface area contributed by atoms with Gasteiger partial charge >= 0.3 is 6.18 Å². The van der Waals surface area contributed by atoms with Crippen LogP contribution in [0.15, 0.2) is 0 Å². The number of terminal acetylenes is 1. The maximum absolute atomic E-state index is 12.7. The molecule has 0 saturated heterocycles. The molecule has 0 aliphatic heterocycles. The lowest BCUT2D eigenvalue weighted by atomic mass is 9.75. The summed E-state index contributed by atoms with van der Waals surface area (Å²) >= 11 is 0. The summed E-state index contributed by atoms with van der Waals surface area (Å²) in [6.07, 6.45) is 2.52. The minimum atomic E-state index is -4.14. The molecular weight excluding hydrogens is 229 g/mol. The van der Waals surface area contributed by atoms with Gasteiger partial charge in [0.05, 0.1) is 12.0 Å². The normalized spacial score (nSPS) is 31.9. The Morgan fingerprint density at radius 1 is 1.59 bits per heavy atom. The highest BCUT2D eigenvalue weighted by molar-refractivity contribution is 5.04. The van der Waals surface area contributed by atoms with Crippen molar-refractivity contribution in [2.75, 3.05) is 6.54 Å². The number of hydrogen-bond acceptors (Lipinski definition) is 2. The van der Waals surface area contributed by atoms with Crippen LogP contribution in [0.3, 0.4) is 0 Å². The minimum Gasteiger partial charge on any atom is -0.329 e. The second-order valence-electron chi connectivity index (χ2n) is 4.85. The molecule has 0 radical (unpaired) electrons. The van der Waals surface area contributed by atoms with Gasteiger partial charge in [0.2, 0.25) is 0 Å². The Labute approximate surface area is 100 Å². The van der Waals surface area contributed by atoms with Gasteiger partial charge in [-0.15, -0.1) is 6.42 Å². The average Bonchev–Trinajstić information content (AvgIpc) is 2.28. The van der Waals surface area contributed by atoms with Gasteiger partial charge < -0.3 is 5.73 Å². The Hall–Kier alpha value is -0.730. The molecule has 3 N–H and O–H groups in total. The van der Waals surface area contributed by atoms with E-state index >= 15 is 0 Å². The van der Waals surface area contributed by atoms with Crippen molar-refractivity contribution in [3.63, 3.8) is 0 Å². The third kappa shape index (κ3) is 3.62. The Bertz CT molecular complexity index is 295. The van der Waals surface area contributed by atoms with Crippen molar-refractivity contribution in [2.45, 2.75) is 50.4 Å². The highest BCUT2D eigenvalue weighted by Crippen LogP contribution is 2.41. The molecule has 1 aliphatic carbocycles. The summed E-state index contributed by atoms with van der Waals surface area (Å²) in [5.74, 6) is 1.21. The molecule has 98 valence electrons. The van der Waals surface area contributed by atoms with Crippen LogP contribution in [0.25, 0.3) is 0 Å². The van der Waals surface area contributed by atoms with E-state index in [0.29, 0.717) is 12.8 Å². The molecule has 2 nitrogen and oxygen atoms in total. The van der Waals surface area contributed by atoms with E-state index in [2.05, 4.69) is 11.2 Å². The SMILES string of the molecule is C#CC(C)NC1(CN)CCCC(C(F)(F)F)C1. The first-order valence-electron chi connectivity index (χ1n) is 5.83. The topological polar surface area (TPSA) is 38.0 Å². The van der Waals surface area contributed by atoms with E-state index in [1.54, 1.807) is 6.92 Å². The fourth-order valence-electron chi connectivity index (χ4n) is 2.52. The summed E-state index contributed by atoms with van der Waals surface area (Å²) in [5, 5.41) is 3.07. The van der Waals surface area contributed by atoms with Crippen molar-refractivity contribution in [3.05, 3.63) is 0 Å². The average molecular weight is 248 g/mol. The van der Waals surface area contributed by atoms with Crippen molar-refractivity contribution >= 4 is 0 Å². The molecule has 1 aliphatic rings. The summed E-state index contributed by atoms with van der Waals surface area (Å²) in [5.41, 5.74) is 4.99. The quantitative estimate of drug-likeness (QED) is 0.750. The maximum atomic E-state index is 12.7. The van der Waals surface area contributed by atoms with Crippen LogP contribution in [0.5, 0.6) is 0 Å². The van der Waals surface area contributed by atoms with E-state index in [1.807, 2.05) is 0 Å². The number of rotatable bonds is 3. The van der Waals surface area contributed by atoms with Gasteiger partial charge in [-0.05, 0) is 26.2 Å². The van der Waals surface area contributed by atoms with Crippen LogP contribution in [-0.4, -0.2) is 24.3 Å². The predicted molar refractivity (Wildman–Crippen MR) is 61.2 cm³/mol. The van der Waals surface area contributed by atoms with Crippen LogP contribution in [0, 0.1) is 18.3 Å². The summed E-state index contributed by atoms with van der Waals surface area (Å²) in [6, 6.07) is -0.259. The molecule has 0 heterocycles. The van der Waals surface area contributed by atoms with Crippen molar-refractivity contribution in [2.24, 2.45) is 11.7 Å². The van der Waals surface area contributed by atoms with Gasteiger partial charge in [-0.3, -0.25) is 5.32 Å². The lowest BCUT2D eigenvalue weighted by molar-refractivity contribution is -0.188. The Kier molecular flexibility index (Phi) is 4.45. The van der Waals surface area contributed by atoms with Crippen LogP contribution in [-0.2, 0) is 0 Å². The van der Waals surface area contributed by atoms with Gasteiger partial charge in [0, 0.05) is 12.1 Å². The number of nitrogens with two attached hydrogens (primary N) is 1. The Morgan fingerprint density at radius 3 is 2.71 bits per heavy atom. The fraction of sp³-hybridized carbons (Fsp3) is 0.833. The standard InChI is InChI=1S/C12H19F3N2/c1-3-9(2)17-11(8-16)6-4-5-10(7-11)12(13,14)15/h1,9-10,17H,4-8,16H2,2H3. The first kappa shape index (κ1) is 14.3. The van der Waals surface area contributed by atoms with Gasteiger partial charge in [0.1, 0.15) is 0 Å². The van der Waals surface area contributed by atoms with Crippen LogP contribution in [0.4, 0.5) is 13.2 Å². The van der Waals surface area contributed by atoms with Gasteiger partial charge in [-0.1, -0.05) is 12.3 Å². The number of alkyl halides is 3. The largest absolute Gasteiger partial charge is 0.391 e. The molecule has 5 heteroatoms. The van der Waals surface area contributed by atoms with Gasteiger partial charge in [0.25, 0.3) is 0 Å². The number of halogens is 3. The Morgan fingerprint density at radius 2 is 2.24 bits per heavy atom. The predicted octanol–water partition coefficient (Wildman–Crippen LogP) is 2.05. The Balaban J connectivity index is 2.76. The lowest BCUT2D eigenvalue weighted by Gasteiger charge is -2.42. The van der Waals surface area contributed by atoms with Crippen LogP contribution in [0.1, 0.15) is 32.6 Å². The molecule has 0 spiro atoms. The van der Waals surface area contributed by atoms with Crippen molar-refractivity contribution in [3.8, 4) is 12.3 Å². The molecule has 1 fully saturated rings. The first-order chi connectivity index (χ1) is 7.83. The van der Waals surface area contributed by atoms with E-state index < -0.39 is 17.6 Å². The molecule has 3 unspecified atom stereocenters. The van der Waals surface area contributed by atoms with E-state index in [9.17, 15) is 13.2 Å². The molecular formula is C12H19F3N2. The molecule has 17 heavy (non-hydrogen) atoms. The van der Waals surface area contributed by atoms with E-state index in [1.165, 1.54) is 0 Å². The molecule has 1 saturated carbocycles.